The van der Waals surface area contributed by atoms with Crippen molar-refractivity contribution in [3.8, 4) is 11.5 Å². The van der Waals surface area contributed by atoms with E-state index in [4.69, 9.17) is 9.47 Å². The minimum absolute atomic E-state index is 0.170. The average molecular weight is 453 g/mol. The van der Waals surface area contributed by atoms with E-state index in [0.717, 1.165) is 25.0 Å². The second kappa shape index (κ2) is 11.7. The van der Waals surface area contributed by atoms with E-state index in [1.807, 2.05) is 32.9 Å². The summed E-state index contributed by atoms with van der Waals surface area (Å²) >= 11 is 0. The molecule has 0 aliphatic carbocycles. The first-order valence-electron chi connectivity index (χ1n) is 12.6. The second-order valence-electron chi connectivity index (χ2n) is 10.6. The van der Waals surface area contributed by atoms with E-state index < -0.39 is 5.41 Å². The minimum atomic E-state index is -0.479. The lowest BCUT2D eigenvalue weighted by Gasteiger charge is -2.25. The van der Waals surface area contributed by atoms with Crippen LogP contribution in [0.3, 0.4) is 0 Å². The molecule has 33 heavy (non-hydrogen) atoms. The van der Waals surface area contributed by atoms with E-state index in [-0.39, 0.29) is 11.6 Å². The van der Waals surface area contributed by atoms with Crippen molar-refractivity contribution in [2.24, 2.45) is 11.3 Å². The van der Waals surface area contributed by atoms with Gasteiger partial charge in [-0.05, 0) is 94.7 Å². The van der Waals surface area contributed by atoms with Crippen molar-refractivity contribution in [3.05, 3.63) is 59.7 Å². The zero-order valence-corrected chi connectivity index (χ0v) is 22.0. The summed E-state index contributed by atoms with van der Waals surface area (Å²) in [6, 6.07) is 16.6. The third-order valence-corrected chi connectivity index (χ3v) is 7.10. The quantitative estimate of drug-likeness (QED) is 0.239. The molecule has 0 spiro atoms. The number of hydrogen-bond donors (Lipinski definition) is 0. The monoisotopic (exact) mass is 452 g/mol. The third-order valence-electron chi connectivity index (χ3n) is 7.10. The standard InChI is InChI=1S/C30H44O3/c1-9-22(4)12-21-27(24-15-19-26(20-16-24)33-30(7,8)11-3)23-13-17-25(18-14-23)32-28(31)29(5,6)10-2/h13-20,22,27H,9-12,21H2,1-8H3. The Hall–Kier alpha value is -2.29. The molecule has 0 aliphatic heterocycles. The fourth-order valence-electron chi connectivity index (χ4n) is 3.50. The van der Waals surface area contributed by atoms with Crippen molar-refractivity contribution in [1.29, 1.82) is 0 Å². The van der Waals surface area contributed by atoms with Gasteiger partial charge in [-0.15, -0.1) is 0 Å². The van der Waals surface area contributed by atoms with Crippen LogP contribution in [0.1, 0.15) is 105 Å². The topological polar surface area (TPSA) is 35.5 Å². The van der Waals surface area contributed by atoms with Gasteiger partial charge < -0.3 is 9.47 Å². The molecule has 0 N–H and O–H groups in total. The van der Waals surface area contributed by atoms with Crippen molar-refractivity contribution >= 4 is 5.97 Å². The molecular formula is C30H44O3. The van der Waals surface area contributed by atoms with Crippen LogP contribution in [0.25, 0.3) is 0 Å². The first-order valence-corrected chi connectivity index (χ1v) is 12.6. The summed E-state index contributed by atoms with van der Waals surface area (Å²) in [5.74, 6) is 2.32. The smallest absolute Gasteiger partial charge is 0.316 e. The van der Waals surface area contributed by atoms with Crippen LogP contribution < -0.4 is 9.47 Å². The van der Waals surface area contributed by atoms with Gasteiger partial charge in [0.1, 0.15) is 17.1 Å². The highest BCUT2D eigenvalue weighted by Crippen LogP contribution is 2.34. The first kappa shape index (κ1) is 27.0. The number of carbonyl (C=O) groups excluding carboxylic acids is 1. The molecular weight excluding hydrogens is 408 g/mol. The molecule has 2 aromatic rings. The van der Waals surface area contributed by atoms with Crippen LogP contribution in [-0.2, 0) is 4.79 Å². The fourth-order valence-corrected chi connectivity index (χ4v) is 3.50. The first-order chi connectivity index (χ1) is 15.5. The van der Waals surface area contributed by atoms with Crippen LogP contribution >= 0.6 is 0 Å². The highest BCUT2D eigenvalue weighted by atomic mass is 16.5. The molecule has 2 aromatic carbocycles. The average Bonchev–Trinajstić information content (AvgIpc) is 2.80. The molecule has 2 unspecified atom stereocenters. The largest absolute Gasteiger partial charge is 0.488 e. The van der Waals surface area contributed by atoms with Gasteiger partial charge in [-0.1, -0.05) is 58.4 Å². The molecule has 0 heterocycles. The lowest BCUT2D eigenvalue weighted by molar-refractivity contribution is -0.144. The normalized spacial score (nSPS) is 13.9. The van der Waals surface area contributed by atoms with Gasteiger partial charge in [0.25, 0.3) is 0 Å². The molecule has 0 aliphatic rings. The maximum atomic E-state index is 12.4. The summed E-state index contributed by atoms with van der Waals surface area (Å²) in [5.41, 5.74) is 1.89. The van der Waals surface area contributed by atoms with E-state index in [1.54, 1.807) is 0 Å². The van der Waals surface area contributed by atoms with Crippen LogP contribution in [0.2, 0.25) is 0 Å². The Morgan fingerprint density at radius 3 is 1.76 bits per heavy atom. The van der Waals surface area contributed by atoms with Crippen LogP contribution in [0.15, 0.2) is 48.5 Å². The Bertz CT molecular complexity index is 862. The zero-order chi connectivity index (χ0) is 24.6. The van der Waals surface area contributed by atoms with Gasteiger partial charge in [-0.2, -0.15) is 0 Å². The lowest BCUT2D eigenvalue weighted by atomic mass is 9.85. The number of hydrogen-bond acceptors (Lipinski definition) is 3. The highest BCUT2D eigenvalue weighted by molar-refractivity contribution is 5.78. The van der Waals surface area contributed by atoms with Gasteiger partial charge in [-0.25, -0.2) is 0 Å². The van der Waals surface area contributed by atoms with Crippen molar-refractivity contribution in [1.82, 2.24) is 0 Å². The summed E-state index contributed by atoms with van der Waals surface area (Å²) in [4.78, 5) is 12.4. The SMILES string of the molecule is CCC(C)CCC(c1ccc(OC(=O)C(C)(C)CC)cc1)c1ccc(OC(C)(C)CC)cc1. The number of carbonyl (C=O) groups is 1. The van der Waals surface area contributed by atoms with E-state index in [0.29, 0.717) is 17.6 Å². The molecule has 2 atom stereocenters. The van der Waals surface area contributed by atoms with E-state index in [2.05, 4.69) is 71.0 Å². The van der Waals surface area contributed by atoms with Crippen LogP contribution in [-0.4, -0.2) is 11.6 Å². The number of benzene rings is 2. The Morgan fingerprint density at radius 1 is 0.788 bits per heavy atom. The fraction of sp³-hybridized carbons (Fsp3) is 0.567. The highest BCUT2D eigenvalue weighted by Gasteiger charge is 2.27. The maximum Gasteiger partial charge on any atom is 0.316 e. The van der Waals surface area contributed by atoms with Gasteiger partial charge in [0, 0.05) is 5.92 Å². The summed E-state index contributed by atoms with van der Waals surface area (Å²) in [7, 11) is 0. The van der Waals surface area contributed by atoms with Crippen LogP contribution in [0.5, 0.6) is 11.5 Å². The molecule has 0 saturated heterocycles. The Labute approximate surface area is 201 Å². The molecule has 2 rings (SSSR count). The van der Waals surface area contributed by atoms with Crippen LogP contribution in [0, 0.1) is 11.3 Å². The van der Waals surface area contributed by atoms with Gasteiger partial charge in [-0.3, -0.25) is 4.79 Å². The molecule has 0 fully saturated rings. The molecule has 0 bridgehead atoms. The van der Waals surface area contributed by atoms with Crippen molar-refractivity contribution < 1.29 is 14.3 Å². The predicted molar refractivity (Wildman–Crippen MR) is 138 cm³/mol. The van der Waals surface area contributed by atoms with Gasteiger partial charge in [0.05, 0.1) is 5.41 Å². The Morgan fingerprint density at radius 2 is 1.30 bits per heavy atom. The van der Waals surface area contributed by atoms with E-state index in [1.165, 1.54) is 24.0 Å². The molecule has 0 saturated carbocycles. The van der Waals surface area contributed by atoms with Crippen molar-refractivity contribution in [2.45, 2.75) is 99.0 Å². The predicted octanol–water partition coefficient (Wildman–Crippen LogP) is 8.55. The Balaban J connectivity index is 2.24. The number of ether oxygens (including phenoxy) is 2. The van der Waals surface area contributed by atoms with Crippen molar-refractivity contribution in [3.63, 3.8) is 0 Å². The molecule has 0 radical (unpaired) electrons. The van der Waals surface area contributed by atoms with Gasteiger partial charge in [0.15, 0.2) is 0 Å². The molecule has 3 nitrogen and oxygen atoms in total. The summed E-state index contributed by atoms with van der Waals surface area (Å²) in [6.45, 7) is 16.8. The number of rotatable bonds is 12. The van der Waals surface area contributed by atoms with Crippen molar-refractivity contribution in [2.75, 3.05) is 0 Å². The molecule has 0 amide bonds. The van der Waals surface area contributed by atoms with Gasteiger partial charge in [0.2, 0.25) is 0 Å². The maximum absolute atomic E-state index is 12.4. The summed E-state index contributed by atoms with van der Waals surface area (Å²) < 4.78 is 11.8. The minimum Gasteiger partial charge on any atom is -0.488 e. The third kappa shape index (κ3) is 7.91. The molecule has 182 valence electrons. The lowest BCUT2D eigenvalue weighted by Crippen LogP contribution is -2.28. The van der Waals surface area contributed by atoms with E-state index >= 15 is 0 Å². The second-order valence-corrected chi connectivity index (χ2v) is 10.6. The summed E-state index contributed by atoms with van der Waals surface area (Å²) in [6.07, 6.45) is 5.14. The van der Waals surface area contributed by atoms with E-state index in [9.17, 15) is 4.79 Å². The zero-order valence-electron chi connectivity index (χ0n) is 22.0. The van der Waals surface area contributed by atoms with Gasteiger partial charge >= 0.3 is 5.97 Å². The Kier molecular flexibility index (Phi) is 9.57. The molecule has 0 aromatic heterocycles. The summed E-state index contributed by atoms with van der Waals surface area (Å²) in [5, 5.41) is 0. The van der Waals surface area contributed by atoms with Crippen LogP contribution in [0.4, 0.5) is 0 Å². The number of esters is 1. The molecule has 3 heteroatoms.